The van der Waals surface area contributed by atoms with E-state index in [1.807, 2.05) is 24.3 Å². The number of carbonyl (C=O) groups excluding carboxylic acids is 2. The summed E-state index contributed by atoms with van der Waals surface area (Å²) in [5, 5.41) is 1.46. The Bertz CT molecular complexity index is 846. The summed E-state index contributed by atoms with van der Waals surface area (Å²) in [6.07, 6.45) is 7.83. The monoisotopic (exact) mass is 442 g/mol. The smallest absolute Gasteiger partial charge is 0.434 e. The Kier molecular flexibility index (Phi) is 9.20. The van der Waals surface area contributed by atoms with Gasteiger partial charge in [0.2, 0.25) is 0 Å². The van der Waals surface area contributed by atoms with Crippen LogP contribution < -0.4 is 9.47 Å². The van der Waals surface area contributed by atoms with E-state index in [1.54, 1.807) is 0 Å². The number of benzene rings is 2. The van der Waals surface area contributed by atoms with E-state index >= 15 is 0 Å². The molecular weight excluding hydrogens is 408 g/mol. The zero-order valence-electron chi connectivity index (χ0n) is 19.2. The minimum atomic E-state index is -0.692. The predicted octanol–water partition coefficient (Wildman–Crippen LogP) is 7.13. The minimum absolute atomic E-state index is 0.345. The zero-order valence-corrected chi connectivity index (χ0v) is 19.2. The second-order valence-electron chi connectivity index (χ2n) is 8.18. The zero-order chi connectivity index (χ0) is 22.8. The van der Waals surface area contributed by atoms with Gasteiger partial charge in [0.25, 0.3) is 0 Å². The average Bonchev–Trinajstić information content (AvgIpc) is 2.81. The van der Waals surface area contributed by atoms with Crippen LogP contribution in [0.15, 0.2) is 24.3 Å². The molecule has 6 heteroatoms. The molecular formula is C26H34O6. The van der Waals surface area contributed by atoms with E-state index in [1.165, 1.54) is 0 Å². The molecule has 0 aliphatic heterocycles. The first-order valence-corrected chi connectivity index (χ1v) is 11.9. The molecule has 0 bridgehead atoms. The first-order valence-electron chi connectivity index (χ1n) is 11.9. The van der Waals surface area contributed by atoms with E-state index in [9.17, 15) is 9.59 Å². The standard InChI is InChI=1S/C26H34O6/c1-3-5-11-17-29-25(27)31-23-19-13-7-9-15-21(19)24(22-16-10-8-14-20(22)23)32-26(28)30-18-12-6-4-2/h7,9,13,15H,3-6,8,10-12,14,16-18H2,1-2H3. The van der Waals surface area contributed by atoms with E-state index in [4.69, 9.17) is 18.9 Å². The Morgan fingerprint density at radius 1 is 0.719 bits per heavy atom. The van der Waals surface area contributed by atoms with Gasteiger partial charge in [-0.1, -0.05) is 63.8 Å². The van der Waals surface area contributed by atoms with Crippen LogP contribution in [-0.4, -0.2) is 25.5 Å². The molecule has 0 aromatic heterocycles. The molecule has 32 heavy (non-hydrogen) atoms. The van der Waals surface area contributed by atoms with Crippen LogP contribution in [0.4, 0.5) is 9.59 Å². The molecule has 0 heterocycles. The van der Waals surface area contributed by atoms with Gasteiger partial charge in [0.05, 0.1) is 13.2 Å². The fourth-order valence-corrected chi connectivity index (χ4v) is 4.08. The van der Waals surface area contributed by atoms with Crippen molar-refractivity contribution >= 4 is 23.1 Å². The number of ether oxygens (including phenoxy) is 4. The molecule has 0 spiro atoms. The molecule has 2 aromatic rings. The summed E-state index contributed by atoms with van der Waals surface area (Å²) in [5.74, 6) is 1.03. The molecule has 0 saturated heterocycles. The highest BCUT2D eigenvalue weighted by atomic mass is 16.7. The second kappa shape index (κ2) is 12.3. The predicted molar refractivity (Wildman–Crippen MR) is 124 cm³/mol. The van der Waals surface area contributed by atoms with Crippen LogP contribution in [0.25, 0.3) is 10.8 Å². The lowest BCUT2D eigenvalue weighted by Crippen LogP contribution is -2.17. The molecule has 174 valence electrons. The summed E-state index contributed by atoms with van der Waals surface area (Å²) < 4.78 is 22.0. The molecule has 6 nitrogen and oxygen atoms in total. The Balaban J connectivity index is 1.87. The normalized spacial score (nSPS) is 12.8. The van der Waals surface area contributed by atoms with Crippen molar-refractivity contribution in [1.82, 2.24) is 0 Å². The molecule has 0 radical (unpaired) electrons. The van der Waals surface area contributed by atoms with Gasteiger partial charge in [-0.25, -0.2) is 9.59 Å². The van der Waals surface area contributed by atoms with Gasteiger partial charge < -0.3 is 18.9 Å². The lowest BCUT2D eigenvalue weighted by molar-refractivity contribution is 0.0952. The topological polar surface area (TPSA) is 71.1 Å². The molecule has 0 N–H and O–H groups in total. The Morgan fingerprint density at radius 2 is 1.16 bits per heavy atom. The third-order valence-corrected chi connectivity index (χ3v) is 5.74. The number of hydrogen-bond donors (Lipinski definition) is 0. The van der Waals surface area contributed by atoms with Crippen molar-refractivity contribution in [3.8, 4) is 11.5 Å². The van der Waals surface area contributed by atoms with E-state index in [0.29, 0.717) is 24.7 Å². The van der Waals surface area contributed by atoms with Gasteiger partial charge in [-0.15, -0.1) is 0 Å². The molecule has 0 unspecified atom stereocenters. The molecule has 0 amide bonds. The fraction of sp³-hybridized carbons (Fsp3) is 0.538. The van der Waals surface area contributed by atoms with E-state index in [2.05, 4.69) is 13.8 Å². The summed E-state index contributed by atoms with van der Waals surface area (Å²) >= 11 is 0. The fourth-order valence-electron chi connectivity index (χ4n) is 4.08. The van der Waals surface area contributed by atoms with Crippen molar-refractivity contribution in [2.45, 2.75) is 78.1 Å². The van der Waals surface area contributed by atoms with Gasteiger partial charge in [0, 0.05) is 21.9 Å². The SMILES string of the molecule is CCCCCOC(=O)Oc1c2c(c(OC(=O)OCCCCC)c3ccccc13)CCCC2. The number of unbranched alkanes of at least 4 members (excludes halogenated alkanes) is 4. The highest BCUT2D eigenvalue weighted by Crippen LogP contribution is 2.44. The highest BCUT2D eigenvalue weighted by molar-refractivity contribution is 5.98. The Morgan fingerprint density at radius 3 is 1.56 bits per heavy atom. The first kappa shape index (κ1) is 23.9. The summed E-state index contributed by atoms with van der Waals surface area (Å²) in [6.45, 7) is 4.89. The maximum absolute atomic E-state index is 12.4. The van der Waals surface area contributed by atoms with Crippen LogP contribution in [0, 0.1) is 0 Å². The second-order valence-corrected chi connectivity index (χ2v) is 8.18. The van der Waals surface area contributed by atoms with Gasteiger partial charge in [0.1, 0.15) is 11.5 Å². The summed E-state index contributed by atoms with van der Waals surface area (Å²) in [4.78, 5) is 24.8. The van der Waals surface area contributed by atoms with E-state index < -0.39 is 12.3 Å². The minimum Gasteiger partial charge on any atom is -0.434 e. The van der Waals surface area contributed by atoms with Crippen LogP contribution in [0.5, 0.6) is 11.5 Å². The van der Waals surface area contributed by atoms with Gasteiger partial charge in [-0.3, -0.25) is 0 Å². The lowest BCUT2D eigenvalue weighted by atomic mass is 9.87. The van der Waals surface area contributed by atoms with Crippen molar-refractivity contribution in [2.75, 3.05) is 13.2 Å². The van der Waals surface area contributed by atoms with Crippen LogP contribution >= 0.6 is 0 Å². The van der Waals surface area contributed by atoms with Crippen LogP contribution in [0.3, 0.4) is 0 Å². The van der Waals surface area contributed by atoms with Crippen molar-refractivity contribution in [1.29, 1.82) is 0 Å². The Hall–Kier alpha value is -2.76. The molecule has 0 fully saturated rings. The highest BCUT2D eigenvalue weighted by Gasteiger charge is 2.27. The van der Waals surface area contributed by atoms with E-state index in [0.717, 1.165) is 86.1 Å². The van der Waals surface area contributed by atoms with Gasteiger partial charge in [-0.05, 0) is 38.5 Å². The maximum atomic E-state index is 12.4. The van der Waals surface area contributed by atoms with Gasteiger partial charge in [-0.2, -0.15) is 0 Å². The van der Waals surface area contributed by atoms with Crippen LogP contribution in [-0.2, 0) is 22.3 Å². The van der Waals surface area contributed by atoms with Crippen molar-refractivity contribution in [3.05, 3.63) is 35.4 Å². The number of hydrogen-bond acceptors (Lipinski definition) is 6. The third kappa shape index (κ3) is 6.15. The summed E-state index contributed by atoms with van der Waals surface area (Å²) in [6, 6.07) is 7.51. The molecule has 3 rings (SSSR count). The largest absolute Gasteiger partial charge is 0.513 e. The lowest BCUT2D eigenvalue weighted by Gasteiger charge is -2.24. The first-order chi connectivity index (χ1) is 15.7. The molecule has 1 aliphatic rings. The number of carbonyl (C=O) groups is 2. The number of fused-ring (bicyclic) bond motifs is 2. The summed E-state index contributed by atoms with van der Waals surface area (Å²) in [5.41, 5.74) is 1.82. The van der Waals surface area contributed by atoms with Gasteiger partial charge in [0.15, 0.2) is 0 Å². The van der Waals surface area contributed by atoms with Crippen LogP contribution in [0.1, 0.15) is 76.3 Å². The quantitative estimate of drug-likeness (QED) is 0.221. The van der Waals surface area contributed by atoms with Gasteiger partial charge >= 0.3 is 12.3 Å². The molecule has 0 saturated carbocycles. The van der Waals surface area contributed by atoms with Crippen molar-refractivity contribution < 1.29 is 28.5 Å². The van der Waals surface area contributed by atoms with Crippen molar-refractivity contribution in [3.63, 3.8) is 0 Å². The third-order valence-electron chi connectivity index (χ3n) is 5.74. The summed E-state index contributed by atoms with van der Waals surface area (Å²) in [7, 11) is 0. The van der Waals surface area contributed by atoms with Crippen molar-refractivity contribution in [2.24, 2.45) is 0 Å². The molecule has 2 aromatic carbocycles. The van der Waals surface area contributed by atoms with E-state index in [-0.39, 0.29) is 0 Å². The average molecular weight is 443 g/mol. The number of rotatable bonds is 10. The van der Waals surface area contributed by atoms with Crippen LogP contribution in [0.2, 0.25) is 0 Å². The maximum Gasteiger partial charge on any atom is 0.513 e. The molecule has 0 atom stereocenters. The Labute approximate surface area is 190 Å². The molecule has 1 aliphatic carbocycles.